The molecule has 0 saturated carbocycles. The van der Waals surface area contributed by atoms with Gasteiger partial charge in [0.15, 0.2) is 0 Å². The van der Waals surface area contributed by atoms with Gasteiger partial charge in [-0.2, -0.15) is 0 Å². The average molecular weight is 288 g/mol. The lowest BCUT2D eigenvalue weighted by molar-refractivity contribution is 0.181. The number of nitrogens with zero attached hydrogens (tertiary/aromatic N) is 2. The van der Waals surface area contributed by atoms with Crippen LogP contribution in [0.2, 0.25) is 0 Å². The second-order valence-corrected chi connectivity index (χ2v) is 5.79. The highest BCUT2D eigenvalue weighted by Crippen LogP contribution is 2.21. The van der Waals surface area contributed by atoms with Crippen LogP contribution in [0.4, 0.5) is 0 Å². The molecule has 0 amide bonds. The van der Waals surface area contributed by atoms with E-state index in [-0.39, 0.29) is 6.04 Å². The number of rotatable bonds is 6. The first-order valence-electron chi connectivity index (χ1n) is 7.79. The Hall–Kier alpha value is -1.43. The highest BCUT2D eigenvalue weighted by molar-refractivity contribution is 5.75. The van der Waals surface area contributed by atoms with E-state index in [2.05, 4.69) is 35.1 Å². The second-order valence-electron chi connectivity index (χ2n) is 5.79. The Labute approximate surface area is 125 Å². The highest BCUT2D eigenvalue weighted by atomic mass is 16.5. The molecule has 0 bridgehead atoms. The van der Waals surface area contributed by atoms with E-state index in [1.807, 2.05) is 6.07 Å². The maximum Gasteiger partial charge on any atom is 0.111 e. The van der Waals surface area contributed by atoms with Gasteiger partial charge in [-0.3, -0.25) is 11.3 Å². The molecule has 0 spiro atoms. The molecule has 1 fully saturated rings. The number of nitrogens with one attached hydrogen (secondary N) is 1. The number of aromatic nitrogens is 2. The smallest absolute Gasteiger partial charge is 0.111 e. The third kappa shape index (κ3) is 3.10. The number of aryl methyl sites for hydroxylation is 1. The average Bonchev–Trinajstić information content (AvgIpc) is 3.13. The number of hydrazine groups is 1. The summed E-state index contributed by atoms with van der Waals surface area (Å²) in [5.41, 5.74) is 5.23. The van der Waals surface area contributed by atoms with Crippen LogP contribution >= 0.6 is 0 Å². The molecule has 1 aromatic carbocycles. The predicted molar refractivity (Wildman–Crippen MR) is 83.8 cm³/mol. The monoisotopic (exact) mass is 288 g/mol. The summed E-state index contributed by atoms with van der Waals surface area (Å²) in [7, 11) is 0. The lowest BCUT2D eigenvalue weighted by atomic mass is 9.97. The molecule has 0 radical (unpaired) electrons. The van der Waals surface area contributed by atoms with Crippen molar-refractivity contribution in [1.82, 2.24) is 15.0 Å². The van der Waals surface area contributed by atoms with Gasteiger partial charge >= 0.3 is 0 Å². The van der Waals surface area contributed by atoms with Crippen LogP contribution in [0, 0.1) is 5.92 Å². The molecule has 2 aromatic rings. The van der Waals surface area contributed by atoms with Crippen molar-refractivity contribution in [3.63, 3.8) is 0 Å². The Morgan fingerprint density at radius 1 is 1.48 bits per heavy atom. The molecule has 5 nitrogen and oxygen atoms in total. The summed E-state index contributed by atoms with van der Waals surface area (Å²) in [5.74, 6) is 7.48. The zero-order valence-corrected chi connectivity index (χ0v) is 12.6. The van der Waals surface area contributed by atoms with Gasteiger partial charge in [-0.25, -0.2) is 4.98 Å². The van der Waals surface area contributed by atoms with Gasteiger partial charge in [0.05, 0.1) is 11.0 Å². The van der Waals surface area contributed by atoms with Crippen molar-refractivity contribution in [3.8, 4) is 0 Å². The Balaban J connectivity index is 1.78. The molecule has 1 saturated heterocycles. The molecule has 1 aromatic heterocycles. The highest BCUT2D eigenvalue weighted by Gasteiger charge is 2.22. The SMILES string of the molecule is CCn1c(CC(CC2CCOC2)NN)nc2ccccc21. The maximum atomic E-state index is 5.76. The fourth-order valence-corrected chi connectivity index (χ4v) is 3.24. The largest absolute Gasteiger partial charge is 0.381 e. The minimum atomic E-state index is 0.249. The van der Waals surface area contributed by atoms with Crippen molar-refractivity contribution in [2.45, 2.75) is 38.8 Å². The van der Waals surface area contributed by atoms with Gasteiger partial charge < -0.3 is 9.30 Å². The van der Waals surface area contributed by atoms with Gasteiger partial charge in [0.25, 0.3) is 0 Å². The van der Waals surface area contributed by atoms with Crippen LogP contribution in [0.1, 0.15) is 25.6 Å². The molecule has 114 valence electrons. The van der Waals surface area contributed by atoms with E-state index in [0.29, 0.717) is 5.92 Å². The molecule has 21 heavy (non-hydrogen) atoms. The minimum absolute atomic E-state index is 0.249. The fourth-order valence-electron chi connectivity index (χ4n) is 3.24. The Bertz CT molecular complexity index is 589. The number of ether oxygens (including phenoxy) is 1. The molecule has 2 unspecified atom stereocenters. The lowest BCUT2D eigenvalue weighted by Gasteiger charge is -2.19. The van der Waals surface area contributed by atoms with Crippen molar-refractivity contribution >= 4 is 11.0 Å². The molecular weight excluding hydrogens is 264 g/mol. The van der Waals surface area contributed by atoms with Gasteiger partial charge in [0.1, 0.15) is 5.82 Å². The second kappa shape index (κ2) is 6.56. The third-order valence-corrected chi connectivity index (χ3v) is 4.36. The Morgan fingerprint density at radius 2 is 2.33 bits per heavy atom. The first-order chi connectivity index (χ1) is 10.3. The van der Waals surface area contributed by atoms with Gasteiger partial charge in [0, 0.05) is 32.2 Å². The summed E-state index contributed by atoms with van der Waals surface area (Å²) in [4.78, 5) is 4.78. The van der Waals surface area contributed by atoms with Crippen molar-refractivity contribution < 1.29 is 4.74 Å². The van der Waals surface area contributed by atoms with Crippen LogP contribution in [-0.2, 0) is 17.7 Å². The van der Waals surface area contributed by atoms with Gasteiger partial charge in [0.2, 0.25) is 0 Å². The molecule has 2 atom stereocenters. The first-order valence-corrected chi connectivity index (χ1v) is 7.79. The van der Waals surface area contributed by atoms with E-state index in [1.165, 1.54) is 5.52 Å². The number of hydrogen-bond donors (Lipinski definition) is 2. The summed E-state index contributed by atoms with van der Waals surface area (Å²) in [5, 5.41) is 0. The number of nitrogens with two attached hydrogens (primary N) is 1. The molecule has 3 N–H and O–H groups in total. The molecule has 2 heterocycles. The predicted octanol–water partition coefficient (Wildman–Crippen LogP) is 1.86. The molecule has 1 aliphatic heterocycles. The quantitative estimate of drug-likeness (QED) is 0.629. The van der Waals surface area contributed by atoms with Crippen LogP contribution < -0.4 is 11.3 Å². The van der Waals surface area contributed by atoms with Gasteiger partial charge in [-0.15, -0.1) is 0 Å². The van der Waals surface area contributed by atoms with Crippen LogP contribution in [0.15, 0.2) is 24.3 Å². The Morgan fingerprint density at radius 3 is 3.05 bits per heavy atom. The summed E-state index contributed by atoms with van der Waals surface area (Å²) in [6, 6.07) is 8.55. The number of imidazole rings is 1. The zero-order valence-electron chi connectivity index (χ0n) is 12.6. The number of benzene rings is 1. The van der Waals surface area contributed by atoms with Gasteiger partial charge in [-0.1, -0.05) is 12.1 Å². The summed E-state index contributed by atoms with van der Waals surface area (Å²) in [6.45, 7) is 4.84. The molecule has 3 rings (SSSR count). The summed E-state index contributed by atoms with van der Waals surface area (Å²) >= 11 is 0. The van der Waals surface area contributed by atoms with Gasteiger partial charge in [-0.05, 0) is 37.8 Å². The number of para-hydroxylation sites is 2. The topological polar surface area (TPSA) is 65.1 Å². The van der Waals surface area contributed by atoms with E-state index in [0.717, 1.165) is 50.4 Å². The summed E-state index contributed by atoms with van der Waals surface area (Å²) in [6.07, 6.45) is 3.04. The number of fused-ring (bicyclic) bond motifs is 1. The van der Waals surface area contributed by atoms with Crippen LogP contribution in [0.5, 0.6) is 0 Å². The van der Waals surface area contributed by atoms with Crippen molar-refractivity contribution in [3.05, 3.63) is 30.1 Å². The maximum absolute atomic E-state index is 5.76. The summed E-state index contributed by atoms with van der Waals surface area (Å²) < 4.78 is 7.74. The van der Waals surface area contributed by atoms with Crippen LogP contribution in [0.25, 0.3) is 11.0 Å². The standard InChI is InChI=1S/C16H24N4O/c1-2-20-15-6-4-3-5-14(15)18-16(20)10-13(19-17)9-12-7-8-21-11-12/h3-6,12-13,19H,2,7-11,17H2,1H3. The Kier molecular flexibility index (Phi) is 4.53. The zero-order chi connectivity index (χ0) is 14.7. The third-order valence-electron chi connectivity index (χ3n) is 4.36. The molecular formula is C16H24N4O. The van der Waals surface area contributed by atoms with E-state index in [1.54, 1.807) is 0 Å². The van der Waals surface area contributed by atoms with E-state index in [4.69, 9.17) is 15.6 Å². The first kappa shape index (κ1) is 14.5. The van der Waals surface area contributed by atoms with Crippen LogP contribution in [0.3, 0.4) is 0 Å². The van der Waals surface area contributed by atoms with E-state index < -0.39 is 0 Å². The lowest BCUT2D eigenvalue weighted by Crippen LogP contribution is -2.39. The molecule has 5 heteroatoms. The van der Waals surface area contributed by atoms with E-state index in [9.17, 15) is 0 Å². The van der Waals surface area contributed by atoms with Crippen molar-refractivity contribution in [1.29, 1.82) is 0 Å². The van der Waals surface area contributed by atoms with Crippen LogP contribution in [-0.4, -0.2) is 28.8 Å². The fraction of sp³-hybridized carbons (Fsp3) is 0.562. The van der Waals surface area contributed by atoms with Crippen molar-refractivity contribution in [2.75, 3.05) is 13.2 Å². The normalized spacial score (nSPS) is 20.2. The van der Waals surface area contributed by atoms with E-state index >= 15 is 0 Å². The number of hydrogen-bond acceptors (Lipinski definition) is 4. The molecule has 0 aliphatic carbocycles. The minimum Gasteiger partial charge on any atom is -0.381 e. The van der Waals surface area contributed by atoms with Crippen molar-refractivity contribution in [2.24, 2.45) is 11.8 Å². The molecule has 1 aliphatic rings.